The van der Waals surface area contributed by atoms with Crippen molar-refractivity contribution in [3.05, 3.63) is 66.2 Å². The molecule has 4 heteroatoms. The Morgan fingerprint density at radius 3 is 2.46 bits per heavy atom. The van der Waals surface area contributed by atoms with Gasteiger partial charge in [0.15, 0.2) is 0 Å². The molecule has 0 bridgehead atoms. The van der Waals surface area contributed by atoms with E-state index in [2.05, 4.69) is 41.4 Å². The Morgan fingerprint density at radius 2 is 1.83 bits per heavy atom. The molecule has 4 nitrogen and oxygen atoms in total. The van der Waals surface area contributed by atoms with Crippen LogP contribution in [0.3, 0.4) is 0 Å². The number of hydrogen-bond acceptors (Lipinski definition) is 3. The van der Waals surface area contributed by atoms with Gasteiger partial charge in [0.1, 0.15) is 5.75 Å². The van der Waals surface area contributed by atoms with Gasteiger partial charge in [-0.15, -0.1) is 0 Å². The van der Waals surface area contributed by atoms with E-state index < -0.39 is 0 Å². The second kappa shape index (κ2) is 9.53. The second-order valence-corrected chi connectivity index (χ2v) is 5.42. The van der Waals surface area contributed by atoms with Crippen LogP contribution < -0.4 is 10.1 Å². The highest BCUT2D eigenvalue weighted by atomic mass is 16.5. The first-order chi connectivity index (χ1) is 11.7. The monoisotopic (exact) mass is 324 g/mol. The zero-order valence-electron chi connectivity index (χ0n) is 14.2. The lowest BCUT2D eigenvalue weighted by molar-refractivity contribution is -0.117. The third-order valence-corrected chi connectivity index (χ3v) is 3.66. The summed E-state index contributed by atoms with van der Waals surface area (Å²) in [6.07, 6.45) is 4.16. The van der Waals surface area contributed by atoms with E-state index in [1.165, 1.54) is 0 Å². The second-order valence-electron chi connectivity index (χ2n) is 5.42. The maximum Gasteiger partial charge on any atom is 0.238 e. The molecule has 2 aromatic rings. The Bertz CT molecular complexity index is 651. The number of rotatable bonds is 8. The van der Waals surface area contributed by atoms with Crippen LogP contribution in [0.25, 0.3) is 6.08 Å². The van der Waals surface area contributed by atoms with Crippen LogP contribution in [0.4, 0.5) is 5.69 Å². The lowest BCUT2D eigenvalue weighted by Gasteiger charge is -2.18. The van der Waals surface area contributed by atoms with Gasteiger partial charge in [-0.2, -0.15) is 0 Å². The van der Waals surface area contributed by atoms with Crippen molar-refractivity contribution in [3.8, 4) is 5.75 Å². The number of amides is 1. The third kappa shape index (κ3) is 5.89. The van der Waals surface area contributed by atoms with Crippen LogP contribution in [0.2, 0.25) is 0 Å². The van der Waals surface area contributed by atoms with E-state index in [1.54, 1.807) is 7.11 Å². The van der Waals surface area contributed by atoms with E-state index in [-0.39, 0.29) is 5.91 Å². The highest BCUT2D eigenvalue weighted by Gasteiger charge is 2.08. The summed E-state index contributed by atoms with van der Waals surface area (Å²) in [4.78, 5) is 14.2. The SMILES string of the molecule is CCN(C/C=C/c1ccccc1)CC(=O)Nc1ccc(OC)cc1. The van der Waals surface area contributed by atoms with Crippen molar-refractivity contribution >= 4 is 17.7 Å². The fourth-order valence-corrected chi connectivity index (χ4v) is 2.29. The molecule has 0 spiro atoms. The van der Waals surface area contributed by atoms with Gasteiger partial charge in [0.2, 0.25) is 5.91 Å². The number of benzene rings is 2. The summed E-state index contributed by atoms with van der Waals surface area (Å²) >= 11 is 0. The molecule has 0 aromatic heterocycles. The minimum atomic E-state index is -0.0184. The summed E-state index contributed by atoms with van der Waals surface area (Å²) in [7, 11) is 1.62. The van der Waals surface area contributed by atoms with E-state index in [0.29, 0.717) is 6.54 Å². The third-order valence-electron chi connectivity index (χ3n) is 3.66. The predicted molar refractivity (Wildman–Crippen MR) is 99.2 cm³/mol. The van der Waals surface area contributed by atoms with Crippen LogP contribution in [0.15, 0.2) is 60.7 Å². The van der Waals surface area contributed by atoms with Gasteiger partial charge in [-0.25, -0.2) is 0 Å². The number of ether oxygens (including phenoxy) is 1. The lowest BCUT2D eigenvalue weighted by atomic mass is 10.2. The van der Waals surface area contributed by atoms with Crippen molar-refractivity contribution in [1.82, 2.24) is 4.90 Å². The maximum absolute atomic E-state index is 12.2. The first-order valence-electron chi connectivity index (χ1n) is 8.09. The number of hydrogen-bond donors (Lipinski definition) is 1. The van der Waals surface area contributed by atoms with Crippen LogP contribution in [0.5, 0.6) is 5.75 Å². The summed E-state index contributed by atoms with van der Waals surface area (Å²) in [5.74, 6) is 0.754. The normalized spacial score (nSPS) is 11.0. The van der Waals surface area contributed by atoms with Crippen molar-refractivity contribution in [2.75, 3.05) is 32.1 Å². The van der Waals surface area contributed by atoms with Gasteiger partial charge in [0.25, 0.3) is 0 Å². The molecule has 0 heterocycles. The molecule has 0 aliphatic carbocycles. The summed E-state index contributed by atoms with van der Waals surface area (Å²) in [5.41, 5.74) is 1.94. The van der Waals surface area contributed by atoms with Gasteiger partial charge >= 0.3 is 0 Å². The van der Waals surface area contributed by atoms with E-state index in [4.69, 9.17) is 4.74 Å². The largest absolute Gasteiger partial charge is 0.497 e. The molecule has 0 unspecified atom stereocenters. The van der Waals surface area contributed by atoms with E-state index in [9.17, 15) is 4.79 Å². The average molecular weight is 324 g/mol. The molecule has 2 rings (SSSR count). The molecule has 2 aromatic carbocycles. The summed E-state index contributed by atoms with van der Waals surface area (Å²) in [5, 5.41) is 2.91. The van der Waals surface area contributed by atoms with Crippen LogP contribution in [-0.4, -0.2) is 37.6 Å². The quantitative estimate of drug-likeness (QED) is 0.805. The average Bonchev–Trinajstić information content (AvgIpc) is 2.62. The fourth-order valence-electron chi connectivity index (χ4n) is 2.29. The van der Waals surface area contributed by atoms with Gasteiger partial charge in [0.05, 0.1) is 13.7 Å². The maximum atomic E-state index is 12.2. The van der Waals surface area contributed by atoms with E-state index in [1.807, 2.05) is 42.5 Å². The van der Waals surface area contributed by atoms with Gasteiger partial charge in [0, 0.05) is 12.2 Å². The van der Waals surface area contributed by atoms with Crippen LogP contribution in [-0.2, 0) is 4.79 Å². The number of carbonyl (C=O) groups is 1. The molecular formula is C20H24N2O2. The van der Waals surface area contributed by atoms with Gasteiger partial charge in [-0.1, -0.05) is 49.4 Å². The molecule has 1 N–H and O–H groups in total. The summed E-state index contributed by atoms with van der Waals surface area (Å²) in [6.45, 7) is 3.97. The Hall–Kier alpha value is -2.59. The minimum Gasteiger partial charge on any atom is -0.497 e. The molecule has 0 atom stereocenters. The number of nitrogens with one attached hydrogen (secondary N) is 1. The van der Waals surface area contributed by atoms with Crippen molar-refractivity contribution in [1.29, 1.82) is 0 Å². The molecule has 0 saturated carbocycles. The topological polar surface area (TPSA) is 41.6 Å². The molecule has 0 saturated heterocycles. The number of likely N-dealkylation sites (N-methyl/N-ethyl adjacent to an activating group) is 1. The standard InChI is InChI=1S/C20H24N2O2/c1-3-22(15-7-10-17-8-5-4-6-9-17)16-20(23)21-18-11-13-19(24-2)14-12-18/h4-14H,3,15-16H2,1-2H3,(H,21,23)/b10-7+. The first-order valence-corrected chi connectivity index (χ1v) is 8.09. The first kappa shape index (κ1) is 17.8. The molecule has 0 radical (unpaired) electrons. The van der Waals surface area contributed by atoms with E-state index >= 15 is 0 Å². The van der Waals surface area contributed by atoms with Crippen molar-refractivity contribution in [2.24, 2.45) is 0 Å². The fraction of sp³-hybridized carbons (Fsp3) is 0.250. The molecule has 0 aliphatic rings. The zero-order chi connectivity index (χ0) is 17.2. The number of carbonyl (C=O) groups excluding carboxylic acids is 1. The molecule has 24 heavy (non-hydrogen) atoms. The van der Waals surface area contributed by atoms with Crippen LogP contribution in [0, 0.1) is 0 Å². The number of nitrogens with zero attached hydrogens (tertiary/aromatic N) is 1. The van der Waals surface area contributed by atoms with Crippen molar-refractivity contribution < 1.29 is 9.53 Å². The van der Waals surface area contributed by atoms with E-state index in [0.717, 1.165) is 30.1 Å². The summed E-state index contributed by atoms with van der Waals surface area (Å²) in [6, 6.07) is 17.5. The lowest BCUT2D eigenvalue weighted by Crippen LogP contribution is -2.33. The molecule has 1 amide bonds. The van der Waals surface area contributed by atoms with Crippen LogP contribution in [0.1, 0.15) is 12.5 Å². The molecule has 0 fully saturated rings. The van der Waals surface area contributed by atoms with Crippen LogP contribution >= 0.6 is 0 Å². The zero-order valence-corrected chi connectivity index (χ0v) is 14.2. The Kier molecular flexibility index (Phi) is 7.05. The van der Waals surface area contributed by atoms with Gasteiger partial charge in [-0.3, -0.25) is 9.69 Å². The van der Waals surface area contributed by atoms with Gasteiger partial charge in [-0.05, 0) is 36.4 Å². The smallest absolute Gasteiger partial charge is 0.238 e. The Morgan fingerprint density at radius 1 is 1.12 bits per heavy atom. The number of methoxy groups -OCH3 is 1. The predicted octanol–water partition coefficient (Wildman–Crippen LogP) is 3.67. The Balaban J connectivity index is 1.82. The highest BCUT2D eigenvalue weighted by Crippen LogP contribution is 2.14. The minimum absolute atomic E-state index is 0.0184. The van der Waals surface area contributed by atoms with Gasteiger partial charge < -0.3 is 10.1 Å². The molecular weight excluding hydrogens is 300 g/mol. The van der Waals surface area contributed by atoms with Crippen molar-refractivity contribution in [2.45, 2.75) is 6.92 Å². The molecule has 0 aliphatic heterocycles. The molecule has 126 valence electrons. The number of anilines is 1. The summed E-state index contributed by atoms with van der Waals surface area (Å²) < 4.78 is 5.11. The highest BCUT2D eigenvalue weighted by molar-refractivity contribution is 5.92. The Labute approximate surface area is 143 Å². The van der Waals surface area contributed by atoms with Crippen molar-refractivity contribution in [3.63, 3.8) is 0 Å².